The second-order valence-corrected chi connectivity index (χ2v) is 8.21. The maximum Gasteiger partial charge on any atom is 0.273 e. The Kier molecular flexibility index (Phi) is 6.54. The number of rotatable bonds is 5. The fourth-order valence-electron chi connectivity index (χ4n) is 2.89. The van der Waals surface area contributed by atoms with Crippen molar-refractivity contribution in [1.82, 2.24) is 4.90 Å². The summed E-state index contributed by atoms with van der Waals surface area (Å²) >= 11 is 12.3. The Balaban J connectivity index is 1.81. The number of nitrogens with zero attached hydrogens (tertiary/aromatic N) is 2. The van der Waals surface area contributed by atoms with Gasteiger partial charge in [0.2, 0.25) is 0 Å². The Hall–Kier alpha value is -2.15. The van der Waals surface area contributed by atoms with Gasteiger partial charge in [-0.05, 0) is 61.9 Å². The quantitative estimate of drug-likeness (QED) is 0.369. The number of hydrogen-bond donors (Lipinski definition) is 0. The zero-order valence-corrected chi connectivity index (χ0v) is 17.9. The van der Waals surface area contributed by atoms with E-state index < -0.39 is 11.8 Å². The standard InChI is InChI=1S/C21H19ClN2O2S2/c1-3-23(4-2)17-11-5-14(6-12-17)13-18-20(26)24(21(27)28-18)19(25)15-7-9-16(22)10-8-15/h5-13H,3-4H2,1-2H3/b18-13+. The van der Waals surface area contributed by atoms with E-state index in [1.807, 2.05) is 24.3 Å². The summed E-state index contributed by atoms with van der Waals surface area (Å²) in [5.74, 6) is -0.845. The first-order chi connectivity index (χ1) is 13.4. The summed E-state index contributed by atoms with van der Waals surface area (Å²) in [6.45, 7) is 6.09. The topological polar surface area (TPSA) is 40.6 Å². The molecular weight excluding hydrogens is 412 g/mol. The first-order valence-corrected chi connectivity index (χ1v) is 10.5. The molecule has 28 heavy (non-hydrogen) atoms. The molecule has 144 valence electrons. The maximum absolute atomic E-state index is 12.8. The lowest BCUT2D eigenvalue weighted by Gasteiger charge is -2.20. The smallest absolute Gasteiger partial charge is 0.273 e. The highest BCUT2D eigenvalue weighted by Crippen LogP contribution is 2.34. The normalized spacial score (nSPS) is 15.4. The molecule has 1 heterocycles. The van der Waals surface area contributed by atoms with Crippen LogP contribution in [0.15, 0.2) is 53.4 Å². The van der Waals surface area contributed by atoms with Gasteiger partial charge in [0, 0.05) is 29.4 Å². The molecule has 1 aliphatic heterocycles. The van der Waals surface area contributed by atoms with Crippen molar-refractivity contribution in [2.24, 2.45) is 0 Å². The molecular formula is C21H19ClN2O2S2. The minimum atomic E-state index is -0.445. The third-order valence-corrected chi connectivity index (χ3v) is 5.96. The highest BCUT2D eigenvalue weighted by Gasteiger charge is 2.37. The lowest BCUT2D eigenvalue weighted by molar-refractivity contribution is -0.120. The largest absolute Gasteiger partial charge is 0.372 e. The molecule has 1 saturated heterocycles. The Bertz CT molecular complexity index is 936. The molecule has 0 spiro atoms. The van der Waals surface area contributed by atoms with Gasteiger partial charge in [0.15, 0.2) is 4.32 Å². The van der Waals surface area contributed by atoms with Crippen molar-refractivity contribution in [3.8, 4) is 0 Å². The molecule has 2 aromatic carbocycles. The maximum atomic E-state index is 12.8. The number of anilines is 1. The molecule has 0 saturated carbocycles. The molecule has 7 heteroatoms. The molecule has 0 atom stereocenters. The third-order valence-electron chi connectivity index (χ3n) is 4.41. The Morgan fingerprint density at radius 1 is 1.11 bits per heavy atom. The first-order valence-electron chi connectivity index (χ1n) is 8.87. The highest BCUT2D eigenvalue weighted by molar-refractivity contribution is 8.26. The average molecular weight is 431 g/mol. The fourth-order valence-corrected chi connectivity index (χ4v) is 4.27. The zero-order chi connectivity index (χ0) is 20.3. The van der Waals surface area contributed by atoms with Gasteiger partial charge in [0.1, 0.15) is 0 Å². The van der Waals surface area contributed by atoms with Crippen LogP contribution in [-0.2, 0) is 4.79 Å². The summed E-state index contributed by atoms with van der Waals surface area (Å²) in [7, 11) is 0. The number of halogens is 1. The van der Waals surface area contributed by atoms with Gasteiger partial charge >= 0.3 is 0 Å². The van der Waals surface area contributed by atoms with Crippen LogP contribution in [0.3, 0.4) is 0 Å². The molecule has 0 aromatic heterocycles. The van der Waals surface area contributed by atoms with E-state index in [1.165, 1.54) is 0 Å². The lowest BCUT2D eigenvalue weighted by atomic mass is 10.1. The number of benzene rings is 2. The van der Waals surface area contributed by atoms with Crippen LogP contribution in [0.5, 0.6) is 0 Å². The van der Waals surface area contributed by atoms with Crippen molar-refractivity contribution in [3.05, 3.63) is 69.6 Å². The van der Waals surface area contributed by atoms with Crippen molar-refractivity contribution in [1.29, 1.82) is 0 Å². The van der Waals surface area contributed by atoms with Crippen LogP contribution in [0.1, 0.15) is 29.8 Å². The van der Waals surface area contributed by atoms with Gasteiger partial charge in [-0.15, -0.1) is 0 Å². The van der Waals surface area contributed by atoms with Crippen LogP contribution in [0.25, 0.3) is 6.08 Å². The van der Waals surface area contributed by atoms with E-state index in [-0.39, 0.29) is 4.32 Å². The van der Waals surface area contributed by atoms with E-state index in [0.717, 1.165) is 41.0 Å². The number of thioether (sulfide) groups is 1. The van der Waals surface area contributed by atoms with Crippen LogP contribution < -0.4 is 4.90 Å². The highest BCUT2D eigenvalue weighted by atomic mass is 35.5. The molecule has 1 fully saturated rings. The predicted molar refractivity (Wildman–Crippen MR) is 121 cm³/mol. The number of thiocarbonyl (C=S) groups is 1. The molecule has 0 N–H and O–H groups in total. The molecule has 0 aliphatic carbocycles. The van der Waals surface area contributed by atoms with Crippen molar-refractivity contribution < 1.29 is 9.59 Å². The molecule has 1 aliphatic rings. The lowest BCUT2D eigenvalue weighted by Crippen LogP contribution is -2.34. The van der Waals surface area contributed by atoms with Crippen molar-refractivity contribution in [3.63, 3.8) is 0 Å². The Morgan fingerprint density at radius 3 is 2.29 bits per heavy atom. The molecule has 0 bridgehead atoms. The van der Waals surface area contributed by atoms with Gasteiger partial charge in [0.05, 0.1) is 4.91 Å². The summed E-state index contributed by atoms with van der Waals surface area (Å²) < 4.78 is 0.232. The first kappa shape index (κ1) is 20.6. The zero-order valence-electron chi connectivity index (χ0n) is 15.5. The minimum Gasteiger partial charge on any atom is -0.372 e. The molecule has 2 amide bonds. The van der Waals surface area contributed by atoms with E-state index in [1.54, 1.807) is 30.3 Å². The number of imide groups is 1. The van der Waals surface area contributed by atoms with Gasteiger partial charge < -0.3 is 4.90 Å². The van der Waals surface area contributed by atoms with Gasteiger partial charge in [-0.25, -0.2) is 4.90 Å². The van der Waals surface area contributed by atoms with E-state index in [4.69, 9.17) is 23.8 Å². The Morgan fingerprint density at radius 2 is 1.71 bits per heavy atom. The minimum absolute atomic E-state index is 0.232. The number of amides is 2. The van der Waals surface area contributed by atoms with Gasteiger partial charge in [0.25, 0.3) is 11.8 Å². The second kappa shape index (κ2) is 8.90. The summed E-state index contributed by atoms with van der Waals surface area (Å²) in [5, 5.41) is 0.523. The fraction of sp³-hybridized carbons (Fsp3) is 0.190. The van der Waals surface area contributed by atoms with Crippen LogP contribution in [-0.4, -0.2) is 34.1 Å². The van der Waals surface area contributed by atoms with Crippen molar-refractivity contribution >= 4 is 63.5 Å². The summed E-state index contributed by atoms with van der Waals surface area (Å²) in [5.41, 5.74) is 2.38. The van der Waals surface area contributed by atoms with Crippen LogP contribution in [0.4, 0.5) is 5.69 Å². The molecule has 0 radical (unpaired) electrons. The SMILES string of the molecule is CCN(CC)c1ccc(/C=C2/SC(=S)N(C(=O)c3ccc(Cl)cc3)C2=O)cc1. The second-order valence-electron chi connectivity index (χ2n) is 6.09. The summed E-state index contributed by atoms with van der Waals surface area (Å²) in [6.07, 6.45) is 1.76. The summed E-state index contributed by atoms with van der Waals surface area (Å²) in [6, 6.07) is 14.4. The van der Waals surface area contributed by atoms with Gasteiger partial charge in [-0.3, -0.25) is 9.59 Å². The molecule has 0 unspecified atom stereocenters. The number of carbonyl (C=O) groups is 2. The van der Waals surface area contributed by atoms with Crippen molar-refractivity contribution in [2.75, 3.05) is 18.0 Å². The van der Waals surface area contributed by atoms with Crippen molar-refractivity contribution in [2.45, 2.75) is 13.8 Å². The van der Waals surface area contributed by atoms with Gasteiger partial charge in [-0.2, -0.15) is 0 Å². The number of hydrogen-bond acceptors (Lipinski definition) is 5. The predicted octanol–water partition coefficient (Wildman–Crippen LogP) is 5.23. The summed E-state index contributed by atoms with van der Waals surface area (Å²) in [4.78, 5) is 29.2. The number of carbonyl (C=O) groups excluding carboxylic acids is 2. The third kappa shape index (κ3) is 4.29. The average Bonchev–Trinajstić information content (AvgIpc) is 2.97. The van der Waals surface area contributed by atoms with E-state index in [9.17, 15) is 9.59 Å². The molecule has 2 aromatic rings. The van der Waals surface area contributed by atoms with Gasteiger partial charge in [-0.1, -0.05) is 47.7 Å². The Labute approximate surface area is 179 Å². The van der Waals surface area contributed by atoms with E-state index >= 15 is 0 Å². The molecule has 4 nitrogen and oxygen atoms in total. The molecule has 3 rings (SSSR count). The van der Waals surface area contributed by atoms with E-state index in [0.29, 0.717) is 15.5 Å². The van der Waals surface area contributed by atoms with E-state index in [2.05, 4.69) is 18.7 Å². The van der Waals surface area contributed by atoms with Crippen LogP contribution in [0, 0.1) is 0 Å². The van der Waals surface area contributed by atoms with Crippen LogP contribution in [0.2, 0.25) is 5.02 Å². The van der Waals surface area contributed by atoms with Crippen LogP contribution >= 0.6 is 35.6 Å². The monoisotopic (exact) mass is 430 g/mol.